The van der Waals surface area contributed by atoms with Gasteiger partial charge in [-0.15, -0.1) is 0 Å². The number of rotatable bonds is 9. The molecule has 19 rings (SSSR count). The van der Waals surface area contributed by atoms with Gasteiger partial charge in [-0.05, 0) is 117 Å². The van der Waals surface area contributed by atoms with Crippen molar-refractivity contribution in [1.29, 1.82) is 0 Å². The molecule has 12 heteroatoms. The van der Waals surface area contributed by atoms with E-state index in [0.29, 0.717) is 55.2 Å². The lowest BCUT2D eigenvalue weighted by Crippen LogP contribution is -2.63. The summed E-state index contributed by atoms with van der Waals surface area (Å²) in [6, 6.07) is 4.64. The van der Waals surface area contributed by atoms with E-state index >= 15 is 0 Å². The zero-order chi connectivity index (χ0) is 85.1. The van der Waals surface area contributed by atoms with Gasteiger partial charge in [0.1, 0.15) is 69.0 Å². The first-order valence-electron chi connectivity index (χ1n) is 43.0. The van der Waals surface area contributed by atoms with E-state index in [1.54, 1.807) is 48.5 Å². The van der Waals surface area contributed by atoms with Gasteiger partial charge < -0.3 is 43.1 Å². The summed E-state index contributed by atoms with van der Waals surface area (Å²) in [7, 11) is 0. The summed E-state index contributed by atoms with van der Waals surface area (Å²) < 4.78 is 312. The van der Waals surface area contributed by atoms with Crippen LogP contribution < -0.4 is 92.3 Å². The molecule has 0 aromatic heterocycles. The number of nitrogens with zero attached hydrogens (tertiary/aromatic N) is 3. The molecule has 0 aliphatic carbocycles. The van der Waals surface area contributed by atoms with Crippen LogP contribution in [0.15, 0.2) is 290 Å². The number of anilines is 9. The lowest BCUT2D eigenvalue weighted by Gasteiger charge is -2.39. The third-order valence-corrected chi connectivity index (χ3v) is 16.5. The van der Waals surface area contributed by atoms with E-state index in [1.165, 1.54) is 36.4 Å². The highest BCUT2D eigenvalue weighted by Crippen LogP contribution is 2.48. The fraction of sp³-hybridized carbons (Fsp3) is 0. The van der Waals surface area contributed by atoms with Crippen LogP contribution in [0, 0.1) is 0 Å². The molecule has 6 aliphatic rings. The Morgan fingerprint density at radius 3 is 0.689 bits per heavy atom. The third kappa shape index (κ3) is 7.87. The van der Waals surface area contributed by atoms with Gasteiger partial charge in [0, 0.05) is 99.0 Å². The van der Waals surface area contributed by atoms with E-state index in [-0.39, 0.29) is 80.0 Å². The predicted molar refractivity (Wildman–Crippen MR) is 364 cm³/mol. The first-order valence-corrected chi connectivity index (χ1v) is 28.0. The third-order valence-electron chi connectivity index (χ3n) is 16.5. The first kappa shape index (κ1) is 29.3. The van der Waals surface area contributed by atoms with Gasteiger partial charge in [0.2, 0.25) is 0 Å². The molecule has 0 amide bonds. The van der Waals surface area contributed by atoms with Crippen molar-refractivity contribution < 1.29 is 69.5 Å². The normalized spacial score (nSPS) is 17.8. The number of para-hydroxylation sites is 8. The maximum Gasteiger partial charge on any atom is 0.260 e. The van der Waals surface area contributed by atoms with Crippen molar-refractivity contribution in [2.45, 2.75) is 0 Å². The summed E-state index contributed by atoms with van der Waals surface area (Å²) in [5.74, 6) is 0.821. The van der Waals surface area contributed by atoms with E-state index in [4.69, 9.17) is 53.1 Å². The average molecular weight is 1190 g/mol. The monoisotopic (exact) mass is 1190 g/mol. The van der Waals surface area contributed by atoms with Crippen molar-refractivity contribution in [3.8, 4) is 69.0 Å². The second-order valence-electron chi connectivity index (χ2n) is 21.3. The molecule has 6 heterocycles. The fourth-order valence-corrected chi connectivity index (χ4v) is 13.0. The van der Waals surface area contributed by atoms with Gasteiger partial charge in [-0.2, -0.15) is 0 Å². The van der Waals surface area contributed by atoms with Gasteiger partial charge in [-0.3, -0.25) is 0 Å². The topological polar surface area (TPSA) is 65.1 Å². The Hall–Kier alpha value is -11.7. The van der Waals surface area contributed by atoms with E-state index in [2.05, 4.69) is 0 Å². The van der Waals surface area contributed by atoms with Crippen LogP contribution in [0.3, 0.4) is 0 Å². The quantitative estimate of drug-likeness (QED) is 0.132. The highest BCUT2D eigenvalue weighted by molar-refractivity contribution is 7.02. The van der Waals surface area contributed by atoms with Crippen LogP contribution in [0.1, 0.15) is 41.1 Å². The van der Waals surface area contributed by atoms with Crippen molar-refractivity contribution in [3.05, 3.63) is 290 Å². The number of hydrogen-bond donors (Lipinski definition) is 0. The standard InChI is InChI=1S/C78H48B3N3O6/c1-7-23-49(24-8-1)82(50-25-9-2-10-26-50)55-39-70-76-72(41-55)87-66-47-68-62(45-60(66)79(76)58-35-19-21-37-64(58)85-70)81-63-46-61-67(48-69(63)90-75-44-57(43-74(89-68)78(75)81)84(53-31-15-5-16-32-53)54-33-17-6-18-34-54)88-73-42-56(40-71-77(73)80(61)59-36-20-22-38-65(59)86-71)83(51-27-11-3-12-28-51)52-29-13-4-14-30-52/h1-48H/i1D,2D,3D,4D,5D,6D,7D,8D,9D,10D,11D,12D,13D,14D,15D,16D,17D,18D,23D,24D,25D,26D,27D,28D,29D,30D,31D,32D,33D,34D. The molecule has 0 N–H and O–H groups in total. The summed E-state index contributed by atoms with van der Waals surface area (Å²) in [4.78, 5) is 2.86. The number of hydrogen-bond acceptors (Lipinski definition) is 9. The number of ether oxygens (including phenoxy) is 6. The Kier molecular flexibility index (Phi) is 6.48. The molecule has 90 heavy (non-hydrogen) atoms. The van der Waals surface area contributed by atoms with Crippen LogP contribution in [0.5, 0.6) is 69.0 Å². The molecule has 9 nitrogen and oxygen atoms in total. The first-order chi connectivity index (χ1) is 57.0. The maximum atomic E-state index is 9.44. The minimum Gasteiger partial charge on any atom is -0.458 e. The van der Waals surface area contributed by atoms with Crippen molar-refractivity contribution in [1.82, 2.24) is 0 Å². The molecule has 13 aromatic rings. The van der Waals surface area contributed by atoms with Crippen molar-refractivity contribution in [2.75, 3.05) is 14.7 Å². The summed E-state index contributed by atoms with van der Waals surface area (Å²) in [5, 5.41) is 0. The maximum absolute atomic E-state index is 9.44. The molecule has 13 aromatic carbocycles. The van der Waals surface area contributed by atoms with E-state index in [9.17, 15) is 16.4 Å². The average Bonchev–Trinajstić information content (AvgIpc) is 0.687. The van der Waals surface area contributed by atoms with Crippen molar-refractivity contribution in [2.24, 2.45) is 0 Å². The summed E-state index contributed by atoms with van der Waals surface area (Å²) in [6.07, 6.45) is 0. The van der Waals surface area contributed by atoms with Crippen LogP contribution in [0.4, 0.5) is 51.2 Å². The van der Waals surface area contributed by atoms with Gasteiger partial charge in [0.15, 0.2) is 0 Å². The predicted octanol–water partition coefficient (Wildman–Crippen LogP) is 14.3. The van der Waals surface area contributed by atoms with E-state index in [0.717, 1.165) is 14.7 Å². The molecule has 0 spiro atoms. The van der Waals surface area contributed by atoms with Crippen LogP contribution >= 0.6 is 0 Å². The highest BCUT2D eigenvalue weighted by atomic mass is 16.5. The Morgan fingerprint density at radius 2 is 0.433 bits per heavy atom. The Bertz CT molecular complexity index is 6270. The lowest BCUT2D eigenvalue weighted by molar-refractivity contribution is 0.448. The molecule has 420 valence electrons. The van der Waals surface area contributed by atoms with Gasteiger partial charge in [0.05, 0.1) is 58.2 Å². The highest BCUT2D eigenvalue weighted by Gasteiger charge is 2.48. The molecular formula is C78H48B3N3O6. The van der Waals surface area contributed by atoms with Gasteiger partial charge >= 0.3 is 0 Å². The fourth-order valence-electron chi connectivity index (χ4n) is 13.0. The molecule has 0 bridgehead atoms. The zero-order valence-corrected chi connectivity index (χ0v) is 45.9. The summed E-state index contributed by atoms with van der Waals surface area (Å²) in [5.41, 5.74) is -0.364. The van der Waals surface area contributed by atoms with E-state index in [1.807, 2.05) is 24.3 Å². The van der Waals surface area contributed by atoms with E-state index < -0.39 is 236 Å². The smallest absolute Gasteiger partial charge is 0.260 e. The van der Waals surface area contributed by atoms with Crippen LogP contribution in [-0.4, -0.2) is 20.1 Å². The second kappa shape index (κ2) is 19.9. The van der Waals surface area contributed by atoms with Crippen molar-refractivity contribution in [3.63, 3.8) is 0 Å². The van der Waals surface area contributed by atoms with Crippen LogP contribution in [-0.2, 0) is 0 Å². The SMILES string of the molecule is [2H]c1c([2H])c([2H])c(N(c2cc3c4c(c2)Oc2cc5c(cc2B4c2ccccc2O3)B2c3cc4c(cc3Oc3cc(N(c6c([2H])c([2H])c([2H])c([2H])c6[2H])c6c([2H])c([2H])c([2H])c([2H])c6[2H])cc(c32)O5)Oc2cc(N(c3c([2H])c([2H])c([2H])c([2H])c3[2H])c3c([2H])c([2H])c([2H])c([2H])c3[2H])cc3c2B4c2ccccc2O3)c2c([2H])c([2H])c([2H])c([2H])c2[2H])c([2H])c1[2H]. The molecule has 0 unspecified atom stereocenters. The van der Waals surface area contributed by atoms with Gasteiger partial charge in [-0.1, -0.05) is 157 Å². The summed E-state index contributed by atoms with van der Waals surface area (Å²) in [6.45, 7) is -2.78. The van der Waals surface area contributed by atoms with Gasteiger partial charge in [0.25, 0.3) is 20.1 Å². The van der Waals surface area contributed by atoms with Crippen molar-refractivity contribution >= 4 is 120 Å². The molecule has 0 saturated heterocycles. The molecule has 0 fully saturated rings. The minimum absolute atomic E-state index is 0.00439. The molecule has 6 aliphatic heterocycles. The molecule has 0 radical (unpaired) electrons. The van der Waals surface area contributed by atoms with Gasteiger partial charge in [-0.25, -0.2) is 0 Å². The lowest BCUT2D eigenvalue weighted by atomic mass is 9.30. The minimum atomic E-state index is -1.05. The Morgan fingerprint density at radius 1 is 0.211 bits per heavy atom. The summed E-state index contributed by atoms with van der Waals surface area (Å²) >= 11 is 0. The zero-order valence-electron chi connectivity index (χ0n) is 75.9. The second-order valence-corrected chi connectivity index (χ2v) is 21.3. The molecule has 0 atom stereocenters. The molecule has 0 saturated carbocycles. The Labute approximate surface area is 563 Å². The number of fused-ring (bicyclic) bond motifs is 12. The van der Waals surface area contributed by atoms with Crippen LogP contribution in [0.25, 0.3) is 0 Å². The Balaban J connectivity index is 0.858. The van der Waals surface area contributed by atoms with Crippen LogP contribution in [0.2, 0.25) is 0 Å². The molecular weight excluding hydrogens is 1110 g/mol. The number of benzene rings is 13. The largest absolute Gasteiger partial charge is 0.458 e.